The van der Waals surface area contributed by atoms with Crippen LogP contribution in [-0.4, -0.2) is 40.9 Å². The van der Waals surface area contributed by atoms with Crippen molar-refractivity contribution in [2.75, 3.05) is 14.2 Å². The molecule has 174 valence electrons. The van der Waals surface area contributed by atoms with Gasteiger partial charge in [0.1, 0.15) is 17.3 Å². The average Bonchev–Trinajstić information content (AvgIpc) is 3.10. The summed E-state index contributed by atoms with van der Waals surface area (Å²) in [5, 5.41) is 11.4. The number of methoxy groups -OCH3 is 2. The summed E-state index contributed by atoms with van der Waals surface area (Å²) >= 11 is 0. The van der Waals surface area contributed by atoms with Crippen LogP contribution in [-0.2, 0) is 16.1 Å². The standard InChI is InChI=1S/C27H26N2O5/c1-16-14-22(34-4)17(2)13-21(16)25(30)23-24(19-9-11-28-12-10-19)29(27(32)26(23)31)15-18-5-7-20(33-3)8-6-18/h5-14,24,30H,15H2,1-4H3/b25-23+. The fraction of sp³-hybridized carbons (Fsp3) is 0.222. The van der Waals surface area contributed by atoms with Crippen molar-refractivity contribution in [2.45, 2.75) is 26.4 Å². The van der Waals surface area contributed by atoms with Crippen molar-refractivity contribution in [2.24, 2.45) is 0 Å². The fourth-order valence-corrected chi connectivity index (χ4v) is 4.27. The molecule has 34 heavy (non-hydrogen) atoms. The first-order valence-electron chi connectivity index (χ1n) is 10.8. The van der Waals surface area contributed by atoms with Gasteiger partial charge in [-0.1, -0.05) is 12.1 Å². The zero-order chi connectivity index (χ0) is 24.4. The van der Waals surface area contributed by atoms with Gasteiger partial charge in [-0.05, 0) is 72.5 Å². The van der Waals surface area contributed by atoms with Crippen LogP contribution in [0.4, 0.5) is 0 Å². The van der Waals surface area contributed by atoms with Crippen LogP contribution in [0, 0.1) is 13.8 Å². The van der Waals surface area contributed by atoms with Crippen molar-refractivity contribution >= 4 is 17.4 Å². The summed E-state index contributed by atoms with van der Waals surface area (Å²) < 4.78 is 10.6. The zero-order valence-electron chi connectivity index (χ0n) is 19.5. The third-order valence-corrected chi connectivity index (χ3v) is 6.07. The molecule has 1 fully saturated rings. The normalized spacial score (nSPS) is 17.2. The monoisotopic (exact) mass is 458 g/mol. The van der Waals surface area contributed by atoms with Gasteiger partial charge in [-0.3, -0.25) is 14.6 Å². The summed E-state index contributed by atoms with van der Waals surface area (Å²) in [5.41, 5.74) is 3.60. The molecule has 0 saturated carbocycles. The Balaban J connectivity index is 1.85. The lowest BCUT2D eigenvalue weighted by molar-refractivity contribution is -0.140. The quantitative estimate of drug-likeness (QED) is 0.336. The van der Waals surface area contributed by atoms with Gasteiger partial charge < -0.3 is 19.5 Å². The topological polar surface area (TPSA) is 89.0 Å². The van der Waals surface area contributed by atoms with Crippen LogP contribution < -0.4 is 9.47 Å². The molecule has 0 spiro atoms. The van der Waals surface area contributed by atoms with E-state index in [1.54, 1.807) is 63.0 Å². The lowest BCUT2D eigenvalue weighted by Crippen LogP contribution is -2.29. The van der Waals surface area contributed by atoms with Crippen LogP contribution >= 0.6 is 0 Å². The number of benzene rings is 2. The van der Waals surface area contributed by atoms with E-state index in [1.807, 2.05) is 26.0 Å². The Morgan fingerprint density at radius 1 is 0.971 bits per heavy atom. The summed E-state index contributed by atoms with van der Waals surface area (Å²) in [6.07, 6.45) is 3.21. The van der Waals surface area contributed by atoms with Crippen molar-refractivity contribution in [1.82, 2.24) is 9.88 Å². The van der Waals surface area contributed by atoms with E-state index in [9.17, 15) is 14.7 Å². The first kappa shape index (κ1) is 23.0. The van der Waals surface area contributed by atoms with Crippen LogP contribution in [0.1, 0.15) is 33.9 Å². The highest BCUT2D eigenvalue weighted by molar-refractivity contribution is 6.46. The van der Waals surface area contributed by atoms with E-state index < -0.39 is 17.7 Å². The number of pyridine rings is 1. The molecule has 1 atom stereocenters. The Morgan fingerprint density at radius 3 is 2.26 bits per heavy atom. The Labute approximate surface area is 198 Å². The van der Waals surface area contributed by atoms with E-state index in [0.717, 1.165) is 16.7 Å². The molecule has 0 aliphatic carbocycles. The summed E-state index contributed by atoms with van der Waals surface area (Å²) in [4.78, 5) is 32.0. The third-order valence-electron chi connectivity index (χ3n) is 6.07. The smallest absolute Gasteiger partial charge is 0.295 e. The highest BCUT2D eigenvalue weighted by Crippen LogP contribution is 2.41. The molecule has 0 radical (unpaired) electrons. The van der Waals surface area contributed by atoms with Gasteiger partial charge in [-0.25, -0.2) is 0 Å². The number of aryl methyl sites for hydroxylation is 2. The number of aliphatic hydroxyl groups excluding tert-OH is 1. The van der Waals surface area contributed by atoms with Crippen molar-refractivity contribution < 1.29 is 24.2 Å². The molecule has 3 aromatic rings. The Bertz CT molecular complexity index is 1270. The van der Waals surface area contributed by atoms with Crippen molar-refractivity contribution in [3.05, 3.63) is 94.3 Å². The van der Waals surface area contributed by atoms with Crippen molar-refractivity contribution in [3.8, 4) is 11.5 Å². The molecular formula is C27H26N2O5. The molecule has 7 heteroatoms. The maximum Gasteiger partial charge on any atom is 0.295 e. The molecular weight excluding hydrogens is 432 g/mol. The number of carbonyl (C=O) groups excluding carboxylic acids is 2. The summed E-state index contributed by atoms with van der Waals surface area (Å²) in [5.74, 6) is -0.218. The Kier molecular flexibility index (Phi) is 6.36. The average molecular weight is 459 g/mol. The van der Waals surface area contributed by atoms with Gasteiger partial charge in [0.25, 0.3) is 11.7 Å². The van der Waals surface area contributed by atoms with E-state index in [1.165, 1.54) is 4.90 Å². The summed E-state index contributed by atoms with van der Waals surface area (Å²) in [7, 11) is 3.16. The number of rotatable bonds is 6. The minimum Gasteiger partial charge on any atom is -0.507 e. The second-order valence-corrected chi connectivity index (χ2v) is 8.19. The van der Waals surface area contributed by atoms with Crippen LogP contribution in [0.25, 0.3) is 5.76 Å². The number of hydrogen-bond donors (Lipinski definition) is 1. The van der Waals surface area contributed by atoms with E-state index in [2.05, 4.69) is 4.98 Å². The molecule has 1 saturated heterocycles. The lowest BCUT2D eigenvalue weighted by Gasteiger charge is -2.25. The minimum absolute atomic E-state index is 0.0531. The highest BCUT2D eigenvalue weighted by Gasteiger charge is 2.46. The lowest BCUT2D eigenvalue weighted by atomic mass is 9.93. The number of aromatic nitrogens is 1. The second-order valence-electron chi connectivity index (χ2n) is 8.19. The first-order valence-corrected chi connectivity index (χ1v) is 10.8. The SMILES string of the molecule is COc1ccc(CN2C(=O)C(=O)/C(=C(/O)c3cc(C)c(OC)cc3C)C2c2ccncc2)cc1. The first-order chi connectivity index (χ1) is 16.3. The van der Waals surface area contributed by atoms with Crippen LogP contribution in [0.3, 0.4) is 0 Å². The Morgan fingerprint density at radius 2 is 1.65 bits per heavy atom. The molecule has 7 nitrogen and oxygen atoms in total. The highest BCUT2D eigenvalue weighted by atomic mass is 16.5. The predicted molar refractivity (Wildman–Crippen MR) is 128 cm³/mol. The molecule has 4 rings (SSSR count). The number of carbonyl (C=O) groups is 2. The predicted octanol–water partition coefficient (Wildman–Crippen LogP) is 4.34. The summed E-state index contributed by atoms with van der Waals surface area (Å²) in [6, 6.07) is 13.6. The third kappa shape index (κ3) is 4.12. The molecule has 0 bridgehead atoms. The number of likely N-dealkylation sites (tertiary alicyclic amines) is 1. The minimum atomic E-state index is -0.757. The van der Waals surface area contributed by atoms with Crippen molar-refractivity contribution in [3.63, 3.8) is 0 Å². The molecule has 1 aliphatic heterocycles. The maximum atomic E-state index is 13.3. The number of hydrogen-bond acceptors (Lipinski definition) is 6. The van der Waals surface area contributed by atoms with Crippen LogP contribution in [0.2, 0.25) is 0 Å². The Hall–Kier alpha value is -4.13. The van der Waals surface area contributed by atoms with Crippen LogP contribution in [0.15, 0.2) is 66.5 Å². The van der Waals surface area contributed by atoms with Gasteiger partial charge >= 0.3 is 0 Å². The van der Waals surface area contributed by atoms with E-state index >= 15 is 0 Å². The number of ketones is 1. The molecule has 2 aromatic carbocycles. The number of nitrogens with zero attached hydrogens (tertiary/aromatic N) is 2. The van der Waals surface area contributed by atoms with Gasteiger partial charge in [0, 0.05) is 24.5 Å². The molecule has 2 heterocycles. The number of amides is 1. The molecule has 1 aromatic heterocycles. The fourth-order valence-electron chi connectivity index (χ4n) is 4.27. The van der Waals surface area contributed by atoms with Gasteiger partial charge in [-0.15, -0.1) is 0 Å². The number of aliphatic hydroxyl groups is 1. The molecule has 1 aliphatic rings. The van der Waals surface area contributed by atoms with Gasteiger partial charge in [0.2, 0.25) is 0 Å². The second kappa shape index (κ2) is 9.39. The number of Topliss-reactive ketones (excluding diaryl/α,β-unsaturated/α-hetero) is 1. The zero-order valence-corrected chi connectivity index (χ0v) is 19.5. The van der Waals surface area contributed by atoms with Crippen LogP contribution in [0.5, 0.6) is 11.5 Å². The molecule has 1 N–H and O–H groups in total. The van der Waals surface area contributed by atoms with Gasteiger partial charge in [0.05, 0.1) is 25.8 Å². The largest absolute Gasteiger partial charge is 0.507 e. The molecule has 1 amide bonds. The summed E-state index contributed by atoms with van der Waals surface area (Å²) in [6.45, 7) is 3.88. The van der Waals surface area contributed by atoms with Gasteiger partial charge in [-0.2, -0.15) is 0 Å². The van der Waals surface area contributed by atoms with E-state index in [-0.39, 0.29) is 17.9 Å². The number of ether oxygens (including phenoxy) is 2. The molecule has 1 unspecified atom stereocenters. The maximum absolute atomic E-state index is 13.3. The van der Waals surface area contributed by atoms with Gasteiger partial charge in [0.15, 0.2) is 0 Å². The van der Waals surface area contributed by atoms with E-state index in [4.69, 9.17) is 9.47 Å². The van der Waals surface area contributed by atoms with E-state index in [0.29, 0.717) is 22.6 Å². The van der Waals surface area contributed by atoms with Crippen molar-refractivity contribution in [1.29, 1.82) is 0 Å².